The monoisotopic (exact) mass is 559 g/mol. The Labute approximate surface area is 217 Å². The van der Waals surface area contributed by atoms with Crippen molar-refractivity contribution in [1.29, 1.82) is 0 Å². The van der Waals surface area contributed by atoms with Crippen LogP contribution in [0, 0.1) is 0 Å². The van der Waals surface area contributed by atoms with E-state index in [-0.39, 0.29) is 11.5 Å². The van der Waals surface area contributed by atoms with Gasteiger partial charge in [-0.3, -0.25) is 14.5 Å². The van der Waals surface area contributed by atoms with Crippen molar-refractivity contribution >= 4 is 50.9 Å². The highest BCUT2D eigenvalue weighted by molar-refractivity contribution is 9.10. The van der Waals surface area contributed by atoms with Gasteiger partial charge in [-0.1, -0.05) is 34.1 Å². The number of hydrogen-bond donors (Lipinski definition) is 0. The van der Waals surface area contributed by atoms with Crippen LogP contribution in [0.25, 0.3) is 6.08 Å². The quantitative estimate of drug-likeness (QED) is 0.208. The number of nitrogens with zero attached hydrogens (tertiary/aromatic N) is 1. The lowest BCUT2D eigenvalue weighted by Crippen LogP contribution is -2.42. The molecule has 0 aliphatic carbocycles. The molecule has 2 amide bonds. The number of methoxy groups -OCH3 is 1. The number of hydrogen-bond acceptors (Lipinski definition) is 7. The second-order valence-electron chi connectivity index (χ2n) is 7.60. The van der Waals surface area contributed by atoms with Crippen molar-refractivity contribution in [3.63, 3.8) is 0 Å². The zero-order valence-electron chi connectivity index (χ0n) is 19.7. The van der Waals surface area contributed by atoms with E-state index in [1.54, 1.807) is 25.1 Å². The minimum atomic E-state index is -1.01. The number of benzene rings is 2. The maximum Gasteiger partial charge on any atom is 0.329 e. The van der Waals surface area contributed by atoms with Crippen LogP contribution < -0.4 is 9.47 Å². The molecule has 0 N–H and O–H groups in total. The van der Waals surface area contributed by atoms with E-state index in [2.05, 4.69) is 22.5 Å². The molecular weight excluding hydrogens is 534 g/mol. The van der Waals surface area contributed by atoms with Crippen LogP contribution in [0.2, 0.25) is 0 Å². The number of carbonyl (C=O) groups excluding carboxylic acids is 3. The van der Waals surface area contributed by atoms with Crippen LogP contribution in [0.5, 0.6) is 11.5 Å². The molecule has 2 aromatic carbocycles. The number of halogens is 1. The van der Waals surface area contributed by atoms with Crippen LogP contribution in [-0.2, 0) is 27.4 Å². The lowest BCUT2D eigenvalue weighted by molar-refractivity contribution is -0.150. The molecule has 1 heterocycles. The summed E-state index contributed by atoms with van der Waals surface area (Å²) in [6, 6.07) is 10.4. The van der Waals surface area contributed by atoms with Gasteiger partial charge in [0, 0.05) is 10.0 Å². The minimum absolute atomic E-state index is 0.164. The highest BCUT2D eigenvalue weighted by Gasteiger charge is 2.41. The third-order valence-corrected chi connectivity index (χ3v) is 6.58. The highest BCUT2D eigenvalue weighted by Crippen LogP contribution is 2.38. The van der Waals surface area contributed by atoms with Crippen LogP contribution in [0.15, 0.2) is 58.4 Å². The molecule has 2 aromatic rings. The van der Waals surface area contributed by atoms with Crippen LogP contribution in [-0.4, -0.2) is 41.8 Å². The number of esters is 1. The number of imide groups is 1. The Morgan fingerprint density at radius 1 is 1.23 bits per heavy atom. The van der Waals surface area contributed by atoms with E-state index < -0.39 is 23.2 Å². The zero-order valence-corrected chi connectivity index (χ0v) is 22.1. The molecule has 1 saturated heterocycles. The Morgan fingerprint density at radius 2 is 1.94 bits per heavy atom. The second kappa shape index (κ2) is 12.1. The van der Waals surface area contributed by atoms with Crippen molar-refractivity contribution in [2.75, 3.05) is 13.7 Å². The Balaban J connectivity index is 1.89. The van der Waals surface area contributed by atoms with E-state index in [9.17, 15) is 14.4 Å². The molecule has 184 valence electrons. The van der Waals surface area contributed by atoms with Gasteiger partial charge in [-0.2, -0.15) is 0 Å². The third-order valence-electron chi connectivity index (χ3n) is 5.17. The van der Waals surface area contributed by atoms with Gasteiger partial charge < -0.3 is 14.2 Å². The van der Waals surface area contributed by atoms with Gasteiger partial charge in [0.2, 0.25) is 0 Å². The summed E-state index contributed by atoms with van der Waals surface area (Å²) in [6.45, 7) is 7.47. The normalized spacial score (nSPS) is 15.3. The number of allylic oxidation sites excluding steroid dienone is 1. The Morgan fingerprint density at radius 3 is 2.57 bits per heavy atom. The maximum atomic E-state index is 12.9. The van der Waals surface area contributed by atoms with Crippen LogP contribution in [0.3, 0.4) is 0 Å². The lowest BCUT2D eigenvalue weighted by atomic mass is 10.0. The first-order valence-electron chi connectivity index (χ1n) is 10.9. The smallest absolute Gasteiger partial charge is 0.329 e. The van der Waals surface area contributed by atoms with Gasteiger partial charge in [0.25, 0.3) is 11.1 Å². The lowest BCUT2D eigenvalue weighted by Gasteiger charge is -2.19. The van der Waals surface area contributed by atoms with Gasteiger partial charge in [-0.05, 0) is 73.5 Å². The molecule has 0 saturated carbocycles. The average molecular weight is 560 g/mol. The average Bonchev–Trinajstić information content (AvgIpc) is 3.11. The van der Waals surface area contributed by atoms with Crippen LogP contribution >= 0.6 is 27.7 Å². The molecule has 35 heavy (non-hydrogen) atoms. The summed E-state index contributed by atoms with van der Waals surface area (Å²) in [5, 5.41) is -0.519. The van der Waals surface area contributed by atoms with Crippen LogP contribution in [0.1, 0.15) is 30.5 Å². The van der Waals surface area contributed by atoms with Gasteiger partial charge in [0.15, 0.2) is 11.5 Å². The summed E-state index contributed by atoms with van der Waals surface area (Å²) >= 11 is 4.20. The van der Waals surface area contributed by atoms with Gasteiger partial charge in [-0.15, -0.1) is 6.58 Å². The number of thioether (sulfide) groups is 1. The highest BCUT2D eigenvalue weighted by atomic mass is 79.9. The summed E-state index contributed by atoms with van der Waals surface area (Å²) in [4.78, 5) is 38.6. The van der Waals surface area contributed by atoms with E-state index in [1.165, 1.54) is 14.0 Å². The Kier molecular flexibility index (Phi) is 9.17. The fourth-order valence-corrected chi connectivity index (χ4v) is 4.63. The van der Waals surface area contributed by atoms with Crippen molar-refractivity contribution in [2.24, 2.45) is 0 Å². The molecule has 0 radical (unpaired) electrons. The molecule has 0 aromatic heterocycles. The summed E-state index contributed by atoms with van der Waals surface area (Å²) in [7, 11) is 1.54. The first kappa shape index (κ1) is 26.6. The predicted molar refractivity (Wildman–Crippen MR) is 139 cm³/mol. The summed E-state index contributed by atoms with van der Waals surface area (Å²) < 4.78 is 17.6. The Bertz CT molecular complexity index is 1160. The standard InChI is InChI=1S/C26H26BrNO6S/c1-5-7-19-12-18(13-21(32-4)23(19)34-15-17-8-10-20(27)11-9-17)14-22-24(29)28(26(31)35-22)16(3)25(30)33-6-2/h5,8-14,16H,1,6-7,15H2,2-4H3/b22-14+/t16-/m1/s1. The number of carbonyl (C=O) groups is 3. The molecule has 9 heteroatoms. The summed E-state index contributed by atoms with van der Waals surface area (Å²) in [5.41, 5.74) is 2.47. The van der Waals surface area contributed by atoms with Crippen LogP contribution in [0.4, 0.5) is 4.79 Å². The fourth-order valence-electron chi connectivity index (χ4n) is 3.46. The maximum absolute atomic E-state index is 12.9. The molecule has 1 aliphatic heterocycles. The predicted octanol–water partition coefficient (Wildman–Crippen LogP) is 5.75. The van der Waals surface area contributed by atoms with Crippen molar-refractivity contribution in [1.82, 2.24) is 4.90 Å². The molecule has 3 rings (SSSR count). The van der Waals surface area contributed by atoms with E-state index in [0.717, 1.165) is 32.3 Å². The zero-order chi connectivity index (χ0) is 25.5. The molecule has 0 bridgehead atoms. The van der Waals surface area contributed by atoms with Gasteiger partial charge in [-0.25, -0.2) is 4.79 Å². The first-order valence-corrected chi connectivity index (χ1v) is 12.5. The van der Waals surface area contributed by atoms with E-state index in [1.807, 2.05) is 30.3 Å². The molecule has 0 spiro atoms. The third kappa shape index (κ3) is 6.35. The second-order valence-corrected chi connectivity index (χ2v) is 9.51. The number of ether oxygens (including phenoxy) is 3. The van der Waals surface area contributed by atoms with Crippen molar-refractivity contribution < 1.29 is 28.6 Å². The summed E-state index contributed by atoms with van der Waals surface area (Å²) in [6.07, 6.45) is 3.87. The largest absolute Gasteiger partial charge is 0.493 e. The number of rotatable bonds is 10. The molecule has 1 atom stereocenters. The first-order chi connectivity index (χ1) is 16.8. The van der Waals surface area contributed by atoms with Crippen molar-refractivity contribution in [3.05, 3.63) is 75.1 Å². The molecule has 1 aliphatic rings. The molecule has 1 fully saturated rings. The topological polar surface area (TPSA) is 82.1 Å². The fraction of sp³-hybridized carbons (Fsp3) is 0.269. The van der Waals surface area contributed by atoms with Gasteiger partial charge in [0.05, 0.1) is 18.6 Å². The summed E-state index contributed by atoms with van der Waals surface area (Å²) in [5.74, 6) is -0.0954. The Hall–Kier alpha value is -3.04. The molecule has 0 unspecified atom stereocenters. The molecule has 7 nitrogen and oxygen atoms in total. The van der Waals surface area contributed by atoms with Crippen molar-refractivity contribution in [3.8, 4) is 11.5 Å². The van der Waals surface area contributed by atoms with E-state index >= 15 is 0 Å². The SMILES string of the molecule is C=CCc1cc(/C=C2/SC(=O)N([C@H](C)C(=O)OCC)C2=O)cc(OC)c1OCc1ccc(Br)cc1. The number of amides is 2. The van der Waals surface area contributed by atoms with E-state index in [4.69, 9.17) is 14.2 Å². The van der Waals surface area contributed by atoms with Gasteiger partial charge in [0.1, 0.15) is 12.6 Å². The van der Waals surface area contributed by atoms with Gasteiger partial charge >= 0.3 is 5.97 Å². The van der Waals surface area contributed by atoms with E-state index in [0.29, 0.717) is 30.1 Å². The minimum Gasteiger partial charge on any atom is -0.493 e. The van der Waals surface area contributed by atoms with Crippen molar-refractivity contribution in [2.45, 2.75) is 32.9 Å². The molecular formula is C26H26BrNO6S.